The molecule has 1 aliphatic carbocycles. The van der Waals surface area contributed by atoms with Gasteiger partial charge in [-0.1, -0.05) is 0 Å². The van der Waals surface area contributed by atoms with Gasteiger partial charge in [0.15, 0.2) is 0 Å². The molecule has 0 aromatic heterocycles. The highest BCUT2D eigenvalue weighted by Crippen LogP contribution is 2.18. The quantitative estimate of drug-likeness (QED) is 0.759. The van der Waals surface area contributed by atoms with E-state index in [-0.39, 0.29) is 24.5 Å². The van der Waals surface area contributed by atoms with Gasteiger partial charge in [-0.05, 0) is 25.7 Å². The van der Waals surface area contributed by atoms with Gasteiger partial charge >= 0.3 is 0 Å². The van der Waals surface area contributed by atoms with Crippen molar-refractivity contribution in [2.45, 2.75) is 37.8 Å². The van der Waals surface area contributed by atoms with Gasteiger partial charge in [0.2, 0.25) is 0 Å². The lowest BCUT2D eigenvalue weighted by Crippen LogP contribution is -2.50. The summed E-state index contributed by atoms with van der Waals surface area (Å²) in [5, 5.41) is 0. The van der Waals surface area contributed by atoms with Gasteiger partial charge in [-0.3, -0.25) is 0 Å². The lowest BCUT2D eigenvalue weighted by atomic mass is 9.93. The fraction of sp³-hybridized carbons (Fsp3) is 1.00. The molecule has 0 amide bonds. The summed E-state index contributed by atoms with van der Waals surface area (Å²) < 4.78 is 33.5. The Morgan fingerprint density at radius 1 is 1.11 bits per heavy atom. The predicted octanol–water partition coefficient (Wildman–Crippen LogP) is -0.155. The number of nitrogens with two attached hydrogens (primary N) is 1. The number of ether oxygens (including phenoxy) is 1. The minimum atomic E-state index is -3.34. The van der Waals surface area contributed by atoms with Crippen LogP contribution in [-0.4, -0.2) is 51.1 Å². The average Bonchev–Trinajstić information content (AvgIpc) is 2.33. The molecule has 1 heterocycles. The Hall–Kier alpha value is 0.0800. The van der Waals surface area contributed by atoms with E-state index in [0.717, 1.165) is 25.7 Å². The highest BCUT2D eigenvalue weighted by Gasteiger charge is 2.28. The molecule has 1 saturated heterocycles. The van der Waals surface area contributed by atoms with E-state index in [1.54, 1.807) is 0 Å². The molecule has 3 N–H and O–H groups in total. The zero-order valence-corrected chi connectivity index (χ0v) is 12.0. The molecule has 0 radical (unpaired) electrons. The van der Waals surface area contributed by atoms with Crippen LogP contribution < -0.4 is 10.5 Å². The first-order valence-corrected chi connectivity index (χ1v) is 7.62. The summed E-state index contributed by atoms with van der Waals surface area (Å²) in [6.45, 7) is 1.86. The SMILES string of the molecule is Cl.NC1CCC(NS(=O)(=O)N2CCOCC2)CC1. The molecule has 2 aliphatic rings. The Kier molecular flexibility index (Phi) is 6.29. The number of rotatable bonds is 3. The third-order valence-corrected chi connectivity index (χ3v) is 5.07. The van der Waals surface area contributed by atoms with Gasteiger partial charge in [-0.2, -0.15) is 17.4 Å². The van der Waals surface area contributed by atoms with Crippen LogP contribution in [0.1, 0.15) is 25.7 Å². The number of nitrogens with one attached hydrogen (secondary N) is 1. The molecule has 0 aromatic carbocycles. The van der Waals surface area contributed by atoms with Crippen LogP contribution in [0, 0.1) is 0 Å². The van der Waals surface area contributed by atoms with Crippen molar-refractivity contribution in [2.24, 2.45) is 5.73 Å². The summed E-state index contributed by atoms with van der Waals surface area (Å²) in [4.78, 5) is 0. The third-order valence-electron chi connectivity index (χ3n) is 3.40. The molecule has 6 nitrogen and oxygen atoms in total. The predicted molar refractivity (Wildman–Crippen MR) is 71.9 cm³/mol. The van der Waals surface area contributed by atoms with Crippen molar-refractivity contribution in [3.63, 3.8) is 0 Å². The van der Waals surface area contributed by atoms with Crippen molar-refractivity contribution in [3.8, 4) is 0 Å². The van der Waals surface area contributed by atoms with Gasteiger partial charge in [0, 0.05) is 25.2 Å². The van der Waals surface area contributed by atoms with Gasteiger partial charge < -0.3 is 10.5 Å². The highest BCUT2D eigenvalue weighted by molar-refractivity contribution is 7.87. The second-order valence-corrected chi connectivity index (χ2v) is 6.45. The molecular weight excluding hydrogens is 278 g/mol. The van der Waals surface area contributed by atoms with Crippen molar-refractivity contribution in [1.29, 1.82) is 0 Å². The topological polar surface area (TPSA) is 84.7 Å². The maximum absolute atomic E-state index is 12.1. The Bertz CT molecular complexity index is 338. The maximum Gasteiger partial charge on any atom is 0.279 e. The van der Waals surface area contributed by atoms with Crippen LogP contribution in [0.25, 0.3) is 0 Å². The Morgan fingerprint density at radius 3 is 2.22 bits per heavy atom. The summed E-state index contributed by atoms with van der Waals surface area (Å²) in [6.07, 6.45) is 3.47. The lowest BCUT2D eigenvalue weighted by molar-refractivity contribution is 0.0722. The van der Waals surface area contributed by atoms with Crippen molar-refractivity contribution in [1.82, 2.24) is 9.03 Å². The van der Waals surface area contributed by atoms with E-state index in [0.29, 0.717) is 26.3 Å². The molecule has 2 rings (SSSR count). The van der Waals surface area contributed by atoms with Crippen molar-refractivity contribution in [3.05, 3.63) is 0 Å². The normalized spacial score (nSPS) is 30.7. The van der Waals surface area contributed by atoms with Crippen LogP contribution in [0.15, 0.2) is 0 Å². The van der Waals surface area contributed by atoms with Crippen molar-refractivity contribution >= 4 is 22.6 Å². The number of halogens is 1. The molecular formula is C10H22ClN3O3S. The summed E-state index contributed by atoms with van der Waals surface area (Å²) in [6, 6.07) is 0.279. The first-order chi connectivity index (χ1) is 8.08. The monoisotopic (exact) mass is 299 g/mol. The first kappa shape index (κ1) is 16.1. The number of hydrogen-bond acceptors (Lipinski definition) is 4. The van der Waals surface area contributed by atoms with Crippen LogP contribution in [-0.2, 0) is 14.9 Å². The molecule has 2 fully saturated rings. The van der Waals surface area contributed by atoms with E-state index >= 15 is 0 Å². The van der Waals surface area contributed by atoms with Gasteiger partial charge in [0.1, 0.15) is 0 Å². The zero-order valence-electron chi connectivity index (χ0n) is 10.4. The first-order valence-electron chi connectivity index (χ1n) is 6.18. The maximum atomic E-state index is 12.1. The molecule has 8 heteroatoms. The second-order valence-electron chi connectivity index (χ2n) is 4.75. The molecule has 0 atom stereocenters. The fourth-order valence-corrected chi connectivity index (χ4v) is 3.74. The van der Waals surface area contributed by atoms with E-state index in [4.69, 9.17) is 10.5 Å². The molecule has 0 aromatic rings. The van der Waals surface area contributed by atoms with E-state index in [1.165, 1.54) is 4.31 Å². The molecule has 1 aliphatic heterocycles. The highest BCUT2D eigenvalue weighted by atomic mass is 35.5. The van der Waals surface area contributed by atoms with Crippen LogP contribution in [0.4, 0.5) is 0 Å². The lowest BCUT2D eigenvalue weighted by Gasteiger charge is -2.31. The van der Waals surface area contributed by atoms with E-state index in [2.05, 4.69) is 4.72 Å². The minimum absolute atomic E-state index is 0. The molecule has 0 unspecified atom stereocenters. The third kappa shape index (κ3) is 4.32. The van der Waals surface area contributed by atoms with E-state index in [1.807, 2.05) is 0 Å². The largest absolute Gasteiger partial charge is 0.379 e. The molecule has 0 spiro atoms. The Morgan fingerprint density at radius 2 is 1.67 bits per heavy atom. The summed E-state index contributed by atoms with van der Waals surface area (Å²) >= 11 is 0. The molecule has 18 heavy (non-hydrogen) atoms. The smallest absolute Gasteiger partial charge is 0.279 e. The van der Waals surface area contributed by atoms with Crippen LogP contribution >= 0.6 is 12.4 Å². The Labute approximate surface area is 115 Å². The summed E-state index contributed by atoms with van der Waals surface area (Å²) in [5.74, 6) is 0. The van der Waals surface area contributed by atoms with E-state index < -0.39 is 10.2 Å². The van der Waals surface area contributed by atoms with E-state index in [9.17, 15) is 8.42 Å². The minimum Gasteiger partial charge on any atom is -0.379 e. The van der Waals surface area contributed by atoms with Gasteiger partial charge in [0.25, 0.3) is 10.2 Å². The fourth-order valence-electron chi connectivity index (χ4n) is 2.31. The molecule has 108 valence electrons. The van der Waals surface area contributed by atoms with Crippen molar-refractivity contribution in [2.75, 3.05) is 26.3 Å². The Balaban J connectivity index is 0.00000162. The van der Waals surface area contributed by atoms with Gasteiger partial charge in [0.05, 0.1) is 13.2 Å². The van der Waals surface area contributed by atoms with Crippen LogP contribution in [0.2, 0.25) is 0 Å². The summed E-state index contributed by atoms with van der Waals surface area (Å²) in [7, 11) is -3.34. The van der Waals surface area contributed by atoms with Crippen LogP contribution in [0.5, 0.6) is 0 Å². The van der Waals surface area contributed by atoms with Gasteiger partial charge in [-0.15, -0.1) is 12.4 Å². The average molecular weight is 300 g/mol. The number of nitrogens with zero attached hydrogens (tertiary/aromatic N) is 1. The number of hydrogen-bond donors (Lipinski definition) is 2. The van der Waals surface area contributed by atoms with Crippen LogP contribution in [0.3, 0.4) is 0 Å². The second kappa shape index (κ2) is 7.02. The molecule has 1 saturated carbocycles. The standard InChI is InChI=1S/C10H21N3O3S.ClH/c11-9-1-3-10(4-2-9)12-17(14,15)13-5-7-16-8-6-13;/h9-10,12H,1-8,11H2;1H. The van der Waals surface area contributed by atoms with Gasteiger partial charge in [-0.25, -0.2) is 0 Å². The summed E-state index contributed by atoms with van der Waals surface area (Å²) in [5.41, 5.74) is 5.80. The zero-order chi connectivity index (χ0) is 12.3. The number of morpholine rings is 1. The molecule has 0 bridgehead atoms. The van der Waals surface area contributed by atoms with Crippen molar-refractivity contribution < 1.29 is 13.2 Å².